The van der Waals surface area contributed by atoms with Crippen molar-refractivity contribution in [2.24, 2.45) is 5.10 Å². The molecule has 27 heavy (non-hydrogen) atoms. The van der Waals surface area contributed by atoms with Crippen molar-refractivity contribution in [2.45, 2.75) is 6.61 Å². The van der Waals surface area contributed by atoms with Gasteiger partial charge in [0, 0.05) is 11.1 Å². The Kier molecular flexibility index (Phi) is 6.20. The Morgan fingerprint density at radius 2 is 1.70 bits per heavy atom. The quantitative estimate of drug-likeness (QED) is 0.511. The minimum absolute atomic E-state index is 0.303. The summed E-state index contributed by atoms with van der Waals surface area (Å²) in [4.78, 5) is 12.2. The van der Waals surface area contributed by atoms with Crippen molar-refractivity contribution >= 4 is 12.1 Å². The zero-order valence-electron chi connectivity index (χ0n) is 15.0. The highest BCUT2D eigenvalue weighted by Gasteiger charge is 2.05. The molecule has 3 aromatic carbocycles. The van der Waals surface area contributed by atoms with Gasteiger partial charge < -0.3 is 9.47 Å². The van der Waals surface area contributed by atoms with Gasteiger partial charge in [0.05, 0.1) is 13.3 Å². The number of nitrogens with zero attached hydrogens (tertiary/aromatic N) is 1. The highest BCUT2D eigenvalue weighted by Crippen LogP contribution is 2.14. The third-order valence-electron chi connectivity index (χ3n) is 3.89. The van der Waals surface area contributed by atoms with E-state index in [1.54, 1.807) is 37.6 Å². The summed E-state index contributed by atoms with van der Waals surface area (Å²) in [5.41, 5.74) is 4.86. The molecule has 0 aliphatic heterocycles. The lowest BCUT2D eigenvalue weighted by Crippen LogP contribution is -2.17. The Labute approximate surface area is 158 Å². The van der Waals surface area contributed by atoms with Gasteiger partial charge in [0.1, 0.15) is 18.1 Å². The first-order valence-corrected chi connectivity index (χ1v) is 8.49. The van der Waals surface area contributed by atoms with Crippen LogP contribution in [0.1, 0.15) is 21.5 Å². The lowest BCUT2D eigenvalue weighted by Gasteiger charge is -2.08. The number of nitrogens with one attached hydrogen (secondary N) is 1. The van der Waals surface area contributed by atoms with Crippen molar-refractivity contribution in [3.05, 3.63) is 95.6 Å². The van der Waals surface area contributed by atoms with E-state index < -0.39 is 0 Å². The normalized spacial score (nSPS) is 10.6. The number of hydrazone groups is 1. The molecule has 136 valence electrons. The number of para-hydroxylation sites is 1. The third-order valence-corrected chi connectivity index (χ3v) is 3.89. The number of rotatable bonds is 7. The SMILES string of the molecule is COc1cccc(C(=O)N/N=C/c2ccccc2COc2ccccc2)c1. The van der Waals surface area contributed by atoms with Crippen molar-refractivity contribution in [1.29, 1.82) is 0 Å². The van der Waals surface area contributed by atoms with Gasteiger partial charge in [-0.3, -0.25) is 4.79 Å². The topological polar surface area (TPSA) is 59.9 Å². The van der Waals surface area contributed by atoms with E-state index in [0.29, 0.717) is 17.9 Å². The summed E-state index contributed by atoms with van der Waals surface area (Å²) < 4.78 is 10.9. The minimum atomic E-state index is -0.303. The number of carbonyl (C=O) groups is 1. The van der Waals surface area contributed by atoms with Crippen LogP contribution in [0, 0.1) is 0 Å². The average Bonchev–Trinajstić information content (AvgIpc) is 2.73. The molecule has 0 atom stereocenters. The molecule has 3 rings (SSSR count). The number of benzene rings is 3. The average molecular weight is 360 g/mol. The van der Waals surface area contributed by atoms with Crippen LogP contribution in [0.2, 0.25) is 0 Å². The van der Waals surface area contributed by atoms with Crippen LogP contribution in [0.4, 0.5) is 0 Å². The summed E-state index contributed by atoms with van der Waals surface area (Å²) in [6.45, 7) is 0.413. The van der Waals surface area contributed by atoms with Crippen molar-refractivity contribution < 1.29 is 14.3 Å². The van der Waals surface area contributed by atoms with E-state index >= 15 is 0 Å². The first-order chi connectivity index (χ1) is 13.3. The lowest BCUT2D eigenvalue weighted by atomic mass is 10.1. The zero-order chi connectivity index (χ0) is 18.9. The van der Waals surface area contributed by atoms with E-state index in [1.807, 2.05) is 54.6 Å². The second-order valence-electron chi connectivity index (χ2n) is 5.73. The number of ether oxygens (including phenoxy) is 2. The standard InChI is InChI=1S/C22H20N2O3/c1-26-21-13-7-10-17(14-21)22(25)24-23-15-18-8-5-6-9-19(18)16-27-20-11-3-2-4-12-20/h2-15H,16H2,1H3,(H,24,25)/b23-15+. The van der Waals surface area contributed by atoms with Gasteiger partial charge in [-0.15, -0.1) is 0 Å². The molecule has 0 saturated heterocycles. The van der Waals surface area contributed by atoms with Gasteiger partial charge in [-0.2, -0.15) is 5.10 Å². The van der Waals surface area contributed by atoms with E-state index in [4.69, 9.17) is 9.47 Å². The van der Waals surface area contributed by atoms with Crippen LogP contribution in [0.5, 0.6) is 11.5 Å². The number of hydrogen-bond donors (Lipinski definition) is 1. The predicted molar refractivity (Wildman–Crippen MR) is 105 cm³/mol. The van der Waals surface area contributed by atoms with E-state index in [0.717, 1.165) is 16.9 Å². The van der Waals surface area contributed by atoms with Gasteiger partial charge in [-0.1, -0.05) is 48.5 Å². The first-order valence-electron chi connectivity index (χ1n) is 8.49. The van der Waals surface area contributed by atoms with Gasteiger partial charge in [-0.05, 0) is 35.9 Å². The van der Waals surface area contributed by atoms with E-state index in [2.05, 4.69) is 10.5 Å². The molecule has 0 spiro atoms. The van der Waals surface area contributed by atoms with Gasteiger partial charge in [0.2, 0.25) is 0 Å². The van der Waals surface area contributed by atoms with Gasteiger partial charge >= 0.3 is 0 Å². The van der Waals surface area contributed by atoms with E-state index in [1.165, 1.54) is 0 Å². The summed E-state index contributed by atoms with van der Waals surface area (Å²) in [5.74, 6) is 1.12. The van der Waals surface area contributed by atoms with Gasteiger partial charge in [0.15, 0.2) is 0 Å². The number of carbonyl (C=O) groups excluding carboxylic acids is 1. The molecule has 3 aromatic rings. The molecular formula is C22H20N2O3. The molecule has 0 heterocycles. The fraction of sp³-hybridized carbons (Fsp3) is 0.0909. The Hall–Kier alpha value is -3.60. The van der Waals surface area contributed by atoms with Gasteiger partial charge in [-0.25, -0.2) is 5.43 Å². The maximum atomic E-state index is 12.2. The number of amides is 1. The van der Waals surface area contributed by atoms with E-state index in [-0.39, 0.29) is 5.91 Å². The summed E-state index contributed by atoms with van der Waals surface area (Å²) in [6.07, 6.45) is 1.61. The molecule has 5 nitrogen and oxygen atoms in total. The molecule has 0 unspecified atom stereocenters. The summed E-state index contributed by atoms with van der Waals surface area (Å²) in [6, 6.07) is 24.3. The molecule has 1 N–H and O–H groups in total. The van der Waals surface area contributed by atoms with E-state index in [9.17, 15) is 4.79 Å². The molecular weight excluding hydrogens is 340 g/mol. The van der Waals surface area contributed by atoms with Crippen LogP contribution in [-0.4, -0.2) is 19.2 Å². The lowest BCUT2D eigenvalue weighted by molar-refractivity contribution is 0.0955. The highest BCUT2D eigenvalue weighted by molar-refractivity contribution is 5.95. The molecule has 1 amide bonds. The fourth-order valence-corrected chi connectivity index (χ4v) is 2.46. The van der Waals surface area contributed by atoms with Crippen LogP contribution in [-0.2, 0) is 6.61 Å². The van der Waals surface area contributed by atoms with Crippen LogP contribution in [0.15, 0.2) is 84.0 Å². The van der Waals surface area contributed by atoms with Crippen LogP contribution in [0.3, 0.4) is 0 Å². The smallest absolute Gasteiger partial charge is 0.271 e. The monoisotopic (exact) mass is 360 g/mol. The minimum Gasteiger partial charge on any atom is -0.497 e. The number of methoxy groups -OCH3 is 1. The Morgan fingerprint density at radius 3 is 2.52 bits per heavy atom. The Balaban J connectivity index is 1.64. The summed E-state index contributed by atoms with van der Waals surface area (Å²) in [5, 5.41) is 4.07. The maximum Gasteiger partial charge on any atom is 0.271 e. The molecule has 0 aliphatic carbocycles. The molecule has 0 saturated carbocycles. The zero-order valence-corrected chi connectivity index (χ0v) is 15.0. The van der Waals surface area contributed by atoms with Gasteiger partial charge in [0.25, 0.3) is 5.91 Å². The molecule has 0 aliphatic rings. The Morgan fingerprint density at radius 1 is 0.963 bits per heavy atom. The number of hydrogen-bond acceptors (Lipinski definition) is 4. The Bertz CT molecular complexity index is 924. The second-order valence-corrected chi connectivity index (χ2v) is 5.73. The van der Waals surface area contributed by atoms with Crippen LogP contribution >= 0.6 is 0 Å². The fourth-order valence-electron chi connectivity index (χ4n) is 2.46. The second kappa shape index (κ2) is 9.20. The van der Waals surface area contributed by atoms with Crippen LogP contribution in [0.25, 0.3) is 0 Å². The predicted octanol–water partition coefficient (Wildman–Crippen LogP) is 4.04. The maximum absolute atomic E-state index is 12.2. The first kappa shape index (κ1) is 18.2. The molecule has 5 heteroatoms. The molecule has 0 aromatic heterocycles. The van der Waals surface area contributed by atoms with Crippen LogP contribution < -0.4 is 14.9 Å². The molecule has 0 fully saturated rings. The van der Waals surface area contributed by atoms with Crippen molar-refractivity contribution in [2.75, 3.05) is 7.11 Å². The summed E-state index contributed by atoms with van der Waals surface area (Å²) >= 11 is 0. The molecule has 0 radical (unpaired) electrons. The molecule has 0 bridgehead atoms. The highest BCUT2D eigenvalue weighted by atomic mass is 16.5. The van der Waals surface area contributed by atoms with Crippen molar-refractivity contribution in [3.63, 3.8) is 0 Å². The van der Waals surface area contributed by atoms with Crippen molar-refractivity contribution in [1.82, 2.24) is 5.43 Å². The third kappa shape index (κ3) is 5.19. The summed E-state index contributed by atoms with van der Waals surface area (Å²) in [7, 11) is 1.56. The largest absolute Gasteiger partial charge is 0.497 e. The van der Waals surface area contributed by atoms with Crippen molar-refractivity contribution in [3.8, 4) is 11.5 Å².